The van der Waals surface area contributed by atoms with E-state index in [1.807, 2.05) is 0 Å². The molecule has 2 atom stereocenters. The Labute approximate surface area is 139 Å². The lowest BCUT2D eigenvalue weighted by atomic mass is 10.2. The van der Waals surface area contributed by atoms with Gasteiger partial charge in [-0.05, 0) is 37.8 Å². The first kappa shape index (κ1) is 23.6. The van der Waals surface area contributed by atoms with Crippen molar-refractivity contribution in [1.82, 2.24) is 5.32 Å². The van der Waals surface area contributed by atoms with Crippen LogP contribution in [0.5, 0.6) is 0 Å². The van der Waals surface area contributed by atoms with E-state index < -0.39 is 33.3 Å². The molecule has 14 heteroatoms. The summed E-state index contributed by atoms with van der Waals surface area (Å²) in [5.41, 5.74) is 8.08. The summed E-state index contributed by atoms with van der Waals surface area (Å²) in [5, 5.41) is 21.8. The molecule has 12 nitrogen and oxygen atoms in total. The topological polar surface area (TPSA) is 222 Å². The number of nitrogens with one attached hydrogen (secondary N) is 1. The fraction of sp³-hybridized carbons (Fsp3) is 1.00. The Kier molecular flexibility index (Phi) is 10.4. The van der Waals surface area contributed by atoms with Crippen LogP contribution >= 0.6 is 15.5 Å². The first-order chi connectivity index (χ1) is 11.0. The monoisotopic (exact) mass is 390 g/mol. The van der Waals surface area contributed by atoms with Crippen molar-refractivity contribution in [2.45, 2.75) is 49.8 Å². The quantitative estimate of drug-likeness (QED) is 0.0535. The van der Waals surface area contributed by atoms with Gasteiger partial charge in [-0.2, -0.15) is 0 Å². The Morgan fingerprint density at radius 2 is 1.92 bits per heavy atom. The molecule has 0 amide bonds. The average molecular weight is 390 g/mol. The van der Waals surface area contributed by atoms with Crippen LogP contribution in [0.15, 0.2) is 5.11 Å². The lowest BCUT2D eigenvalue weighted by molar-refractivity contribution is -0.222. The maximum Gasteiger partial charge on any atom is 0.401 e. The third-order valence-corrected chi connectivity index (χ3v) is 7.18. The standard InChI is InChI=1S/C10H24N4O8P2/c11-14-13-8-3-1-2-5-9(15)12-7-4-6-10(16,23(17,18)19)24(20,21)22/h9,12,15-16H,1-8H2,(H2,17,18,19)(H2,20,21,22)/t9-/m1/s1. The second-order valence-electron chi connectivity index (χ2n) is 5.24. The molecule has 0 saturated carbocycles. The van der Waals surface area contributed by atoms with Crippen LogP contribution in [-0.4, -0.2) is 54.2 Å². The largest absolute Gasteiger partial charge is 0.629 e. The zero-order valence-electron chi connectivity index (χ0n) is 13.0. The van der Waals surface area contributed by atoms with Gasteiger partial charge in [0.15, 0.2) is 0 Å². The number of azide groups is 1. The van der Waals surface area contributed by atoms with Crippen molar-refractivity contribution in [2.24, 2.45) is 5.11 Å². The molecule has 0 bridgehead atoms. The van der Waals surface area contributed by atoms with Crippen LogP contribution in [0, 0.1) is 0 Å². The molecule has 0 aromatic heterocycles. The van der Waals surface area contributed by atoms with Gasteiger partial charge in [-0.25, -0.2) is 9.79 Å². The van der Waals surface area contributed by atoms with E-state index in [9.17, 15) is 19.7 Å². The summed E-state index contributed by atoms with van der Waals surface area (Å²) in [5.74, 6) is 0. The van der Waals surface area contributed by atoms with Crippen LogP contribution in [0.2, 0.25) is 0 Å². The molecule has 1 unspecified atom stereocenters. The number of hydrogen-bond donors (Lipinski definition) is 7. The van der Waals surface area contributed by atoms with Gasteiger partial charge in [0.2, 0.25) is 0 Å². The van der Waals surface area contributed by atoms with Crippen LogP contribution in [0.25, 0.3) is 10.4 Å². The minimum atomic E-state index is -5.44. The highest BCUT2D eigenvalue weighted by atomic mass is 31.3. The zero-order chi connectivity index (χ0) is 18.9. The summed E-state index contributed by atoms with van der Waals surface area (Å²) in [7, 11) is -10.9. The predicted molar refractivity (Wildman–Crippen MR) is 84.1 cm³/mol. The molecule has 0 spiro atoms. The van der Waals surface area contributed by atoms with Gasteiger partial charge in [0, 0.05) is 17.9 Å². The smallest absolute Gasteiger partial charge is 0.401 e. The predicted octanol–water partition coefficient (Wildman–Crippen LogP) is -0.523. The first-order valence-electron chi connectivity index (χ1n) is 7.21. The second-order valence-corrected chi connectivity index (χ2v) is 9.25. The summed E-state index contributed by atoms with van der Waals surface area (Å²) in [6, 6.07) is 0. The minimum absolute atomic E-state index is 0.00218. The van der Waals surface area contributed by atoms with Crippen LogP contribution in [0.1, 0.15) is 38.5 Å². The Bertz CT molecular complexity index is 464. The molecule has 0 aliphatic carbocycles. The van der Waals surface area contributed by atoms with Gasteiger partial charge in [0.1, 0.15) is 6.23 Å². The summed E-state index contributed by atoms with van der Waals surface area (Å²) >= 11 is 0. The lowest BCUT2D eigenvalue weighted by Crippen LogP contribution is -2.38. The SMILES string of the molecule is [N-]=[N+]=NCCCCC[C@@H](O)NCCCC(O)(P(=O)(O)O)[P+]([O-])(O)O. The van der Waals surface area contributed by atoms with E-state index in [-0.39, 0.29) is 13.0 Å². The van der Waals surface area contributed by atoms with Crippen molar-refractivity contribution in [3.63, 3.8) is 0 Å². The van der Waals surface area contributed by atoms with Crippen molar-refractivity contribution in [1.29, 1.82) is 0 Å². The Morgan fingerprint density at radius 1 is 1.29 bits per heavy atom. The molecule has 0 fully saturated rings. The minimum Gasteiger partial charge on any atom is -0.629 e. The number of nitrogens with zero attached hydrogens (tertiary/aromatic N) is 3. The van der Waals surface area contributed by atoms with Gasteiger partial charge in [0.25, 0.3) is 7.94 Å². The van der Waals surface area contributed by atoms with Gasteiger partial charge in [-0.15, -0.1) is 0 Å². The molecule has 142 valence electrons. The zero-order valence-corrected chi connectivity index (χ0v) is 14.8. The van der Waals surface area contributed by atoms with Gasteiger partial charge < -0.3 is 24.9 Å². The van der Waals surface area contributed by atoms with Crippen molar-refractivity contribution in [3.8, 4) is 0 Å². The van der Waals surface area contributed by atoms with E-state index in [4.69, 9.17) is 25.1 Å². The van der Waals surface area contributed by atoms with E-state index >= 15 is 0 Å². The maximum absolute atomic E-state index is 11.1. The van der Waals surface area contributed by atoms with Crippen molar-refractivity contribution < 1.29 is 39.2 Å². The number of aliphatic hydroxyl groups is 2. The van der Waals surface area contributed by atoms with Crippen LogP contribution < -0.4 is 10.2 Å². The molecule has 24 heavy (non-hydrogen) atoms. The molecule has 0 rings (SSSR count). The second kappa shape index (κ2) is 10.6. The molecule has 0 radical (unpaired) electrons. The van der Waals surface area contributed by atoms with E-state index in [0.29, 0.717) is 25.8 Å². The number of rotatable bonds is 13. The maximum atomic E-state index is 11.1. The Morgan fingerprint density at radius 3 is 2.42 bits per heavy atom. The van der Waals surface area contributed by atoms with Gasteiger partial charge in [-0.3, -0.25) is 9.88 Å². The summed E-state index contributed by atoms with van der Waals surface area (Å²) in [4.78, 5) is 49.6. The molecule has 0 aliphatic heterocycles. The molecule has 0 aliphatic rings. The first-order valence-corrected chi connectivity index (χ1v) is 10.4. The molecule has 0 aromatic rings. The molecule has 0 saturated heterocycles. The normalized spacial score (nSPS) is 16.3. The number of aliphatic hydroxyl groups excluding tert-OH is 1. The molecular weight excluding hydrogens is 366 g/mol. The third-order valence-electron chi connectivity index (χ3n) is 3.30. The van der Waals surface area contributed by atoms with Crippen LogP contribution in [0.3, 0.4) is 0 Å². The molecule has 7 N–H and O–H groups in total. The average Bonchev–Trinajstić information content (AvgIpc) is 2.44. The van der Waals surface area contributed by atoms with E-state index in [1.165, 1.54) is 0 Å². The number of unbranched alkanes of at least 4 members (excludes halogenated alkanes) is 2. The van der Waals surface area contributed by atoms with E-state index in [2.05, 4.69) is 15.3 Å². The molecule has 0 aromatic carbocycles. The van der Waals surface area contributed by atoms with Crippen LogP contribution in [-0.2, 0) is 4.57 Å². The highest BCUT2D eigenvalue weighted by Gasteiger charge is 2.62. The van der Waals surface area contributed by atoms with E-state index in [1.54, 1.807) is 0 Å². The van der Waals surface area contributed by atoms with Gasteiger partial charge in [-0.1, -0.05) is 11.5 Å². The highest BCUT2D eigenvalue weighted by Crippen LogP contribution is 2.71. The highest BCUT2D eigenvalue weighted by molar-refractivity contribution is 7.74. The van der Waals surface area contributed by atoms with Crippen molar-refractivity contribution in [2.75, 3.05) is 13.1 Å². The lowest BCUT2D eigenvalue weighted by Gasteiger charge is -2.33. The Hall–Kier alpha value is -0.350. The fourth-order valence-corrected chi connectivity index (χ4v) is 4.16. The summed E-state index contributed by atoms with van der Waals surface area (Å²) < 4.78 is 11.1. The van der Waals surface area contributed by atoms with Gasteiger partial charge in [0.05, 0.1) is 0 Å². The molecular formula is C10H24N4O8P2. The van der Waals surface area contributed by atoms with Crippen molar-refractivity contribution >= 4 is 15.5 Å². The summed E-state index contributed by atoms with van der Waals surface area (Å²) in [6.07, 6.45) is 0.584. The summed E-state index contributed by atoms with van der Waals surface area (Å²) in [6.45, 7) is 0.381. The van der Waals surface area contributed by atoms with Crippen LogP contribution in [0.4, 0.5) is 0 Å². The third kappa shape index (κ3) is 8.15. The fourth-order valence-electron chi connectivity index (χ4n) is 1.90. The van der Waals surface area contributed by atoms with E-state index in [0.717, 1.165) is 6.42 Å². The number of hydrogen-bond acceptors (Lipinski definition) is 8. The van der Waals surface area contributed by atoms with Gasteiger partial charge >= 0.3 is 12.7 Å². The van der Waals surface area contributed by atoms with Crippen molar-refractivity contribution in [3.05, 3.63) is 10.4 Å². The molecule has 0 heterocycles. The Balaban J connectivity index is 4.10.